The number of nitrogens with zero attached hydrogens (tertiary/aromatic N) is 3. The van der Waals surface area contributed by atoms with Gasteiger partial charge in [-0.2, -0.15) is 0 Å². The highest BCUT2D eigenvalue weighted by molar-refractivity contribution is 6.36. The Morgan fingerprint density at radius 3 is 2.74 bits per heavy atom. The molecule has 1 amide bonds. The quantitative estimate of drug-likeness (QED) is 0.378. The zero-order valence-corrected chi connectivity index (χ0v) is 21.0. The van der Waals surface area contributed by atoms with E-state index in [0.717, 1.165) is 0 Å². The summed E-state index contributed by atoms with van der Waals surface area (Å²) < 4.78 is 24.9. The van der Waals surface area contributed by atoms with E-state index in [-0.39, 0.29) is 33.7 Å². The van der Waals surface area contributed by atoms with Crippen molar-refractivity contribution in [1.29, 1.82) is 0 Å². The van der Waals surface area contributed by atoms with Crippen LogP contribution in [0.15, 0.2) is 35.6 Å². The Labute approximate surface area is 213 Å². The van der Waals surface area contributed by atoms with E-state index in [1.807, 2.05) is 0 Å². The number of aromatic nitrogens is 1. The molecule has 1 atom stereocenters. The number of aliphatic imine (C=N–C) groups is 1. The van der Waals surface area contributed by atoms with Crippen molar-refractivity contribution in [2.45, 2.75) is 38.8 Å². The third kappa shape index (κ3) is 6.55. The van der Waals surface area contributed by atoms with Crippen molar-refractivity contribution in [2.24, 2.45) is 10.7 Å². The Bertz CT molecular complexity index is 1120. The number of carbonyl (C=O) groups excluding carboxylic acids is 1. The van der Waals surface area contributed by atoms with Gasteiger partial charge in [0.05, 0.1) is 17.7 Å². The van der Waals surface area contributed by atoms with Gasteiger partial charge in [-0.3, -0.25) is 4.99 Å². The molecule has 0 bridgehead atoms. The molecule has 1 aromatic heterocycles. The molecule has 0 unspecified atom stereocenters. The van der Waals surface area contributed by atoms with Crippen LogP contribution in [0.3, 0.4) is 0 Å². The smallest absolute Gasteiger partial charge is 0.409 e. The lowest BCUT2D eigenvalue weighted by atomic mass is 10.1. The number of benzene rings is 1. The summed E-state index contributed by atoms with van der Waals surface area (Å²) in [6.45, 7) is 4.97. The van der Waals surface area contributed by atoms with Crippen LogP contribution in [0.25, 0.3) is 5.57 Å². The molecular formula is C24H28Cl2FN5O3. The minimum Gasteiger partial charge on any atom is -0.482 e. The van der Waals surface area contributed by atoms with Crippen molar-refractivity contribution in [3.8, 4) is 5.75 Å². The number of nitrogen functional groups attached to an aromatic ring is 1. The number of amides is 1. The van der Waals surface area contributed by atoms with Gasteiger partial charge in [0.1, 0.15) is 11.9 Å². The number of hydrogen-bond acceptors (Lipinski definition) is 7. The molecule has 0 radical (unpaired) electrons. The van der Waals surface area contributed by atoms with Crippen molar-refractivity contribution < 1.29 is 18.7 Å². The molecule has 188 valence electrons. The fraction of sp³-hybridized carbons (Fsp3) is 0.375. The number of hydrogen-bond donors (Lipinski definition) is 2. The fourth-order valence-electron chi connectivity index (χ4n) is 3.68. The van der Waals surface area contributed by atoms with Crippen LogP contribution in [-0.4, -0.2) is 47.9 Å². The lowest BCUT2D eigenvalue weighted by Gasteiger charge is -2.29. The van der Waals surface area contributed by atoms with E-state index < -0.39 is 11.9 Å². The summed E-state index contributed by atoms with van der Waals surface area (Å²) in [5, 5.41) is 0.159. The van der Waals surface area contributed by atoms with E-state index in [4.69, 9.17) is 44.1 Å². The summed E-state index contributed by atoms with van der Waals surface area (Å²) in [5.74, 6) is -0.190. The molecule has 0 aliphatic carbocycles. The largest absolute Gasteiger partial charge is 0.482 e. The molecule has 0 saturated carbocycles. The standard InChI is InChI=1S/C24H28Cl2FN5O3/c1-3-34-24(33)32-8-6-17(7-9-32)30-13-16(11-28)15-10-20(23(29)31-12-15)35-14(2)21-18(25)4-5-19(27)22(21)26/h4-5,10-14,17H,3,6-9,28H2,1-2H3,(H2,29,31)/b16-11+,30-13?/t14-/m1/s1. The highest BCUT2D eigenvalue weighted by Gasteiger charge is 2.23. The number of nitrogens with two attached hydrogens (primary N) is 2. The normalized spacial score (nSPS) is 15.9. The van der Waals surface area contributed by atoms with Crippen LogP contribution in [0.4, 0.5) is 15.0 Å². The maximum atomic E-state index is 13.9. The molecule has 35 heavy (non-hydrogen) atoms. The summed E-state index contributed by atoms with van der Waals surface area (Å²) in [6.07, 6.45) is 5.08. The molecule has 4 N–H and O–H groups in total. The number of rotatable bonds is 7. The van der Waals surface area contributed by atoms with Crippen LogP contribution in [0.2, 0.25) is 10.0 Å². The van der Waals surface area contributed by atoms with Gasteiger partial charge in [0, 0.05) is 53.4 Å². The molecular weight excluding hydrogens is 496 g/mol. The Morgan fingerprint density at radius 2 is 2.09 bits per heavy atom. The lowest BCUT2D eigenvalue weighted by Crippen LogP contribution is -2.40. The second kappa shape index (κ2) is 12.1. The number of halogens is 3. The zero-order chi connectivity index (χ0) is 25.5. The molecule has 8 nitrogen and oxygen atoms in total. The van der Waals surface area contributed by atoms with Gasteiger partial charge in [0.25, 0.3) is 0 Å². The lowest BCUT2D eigenvalue weighted by molar-refractivity contribution is 0.0975. The first-order valence-corrected chi connectivity index (χ1v) is 11.9. The van der Waals surface area contributed by atoms with E-state index >= 15 is 0 Å². The van der Waals surface area contributed by atoms with Crippen LogP contribution in [0.5, 0.6) is 5.75 Å². The first-order valence-electron chi connectivity index (χ1n) is 11.2. The highest BCUT2D eigenvalue weighted by Crippen LogP contribution is 2.36. The minimum atomic E-state index is -0.700. The van der Waals surface area contributed by atoms with E-state index in [1.165, 1.54) is 18.3 Å². The van der Waals surface area contributed by atoms with Crippen molar-refractivity contribution in [3.05, 3.63) is 57.6 Å². The van der Waals surface area contributed by atoms with Gasteiger partial charge in [0.15, 0.2) is 11.6 Å². The number of pyridine rings is 1. The van der Waals surface area contributed by atoms with Crippen LogP contribution < -0.4 is 16.2 Å². The number of piperidine rings is 1. The number of allylic oxidation sites excluding steroid dienone is 1. The monoisotopic (exact) mass is 523 g/mol. The van der Waals surface area contributed by atoms with Crippen molar-refractivity contribution in [1.82, 2.24) is 9.88 Å². The maximum Gasteiger partial charge on any atom is 0.409 e. The first-order chi connectivity index (χ1) is 16.7. The second-order valence-corrected chi connectivity index (χ2v) is 8.73. The summed E-state index contributed by atoms with van der Waals surface area (Å²) in [6, 6.07) is 4.33. The van der Waals surface area contributed by atoms with Gasteiger partial charge in [-0.15, -0.1) is 0 Å². The molecule has 1 fully saturated rings. The predicted octanol–water partition coefficient (Wildman–Crippen LogP) is 5.24. The van der Waals surface area contributed by atoms with Crippen molar-refractivity contribution in [3.63, 3.8) is 0 Å². The van der Waals surface area contributed by atoms with Gasteiger partial charge >= 0.3 is 6.09 Å². The van der Waals surface area contributed by atoms with E-state index in [9.17, 15) is 9.18 Å². The SMILES string of the molecule is CCOC(=O)N1CCC(N=C/C(=C\N)c2cnc(N)c(O[C@H](C)c3c(Cl)ccc(F)c3Cl)c2)CC1. The maximum absolute atomic E-state index is 13.9. The average molecular weight is 524 g/mol. The molecule has 0 spiro atoms. The van der Waals surface area contributed by atoms with Gasteiger partial charge in [-0.25, -0.2) is 14.2 Å². The second-order valence-electron chi connectivity index (χ2n) is 7.94. The Hall–Kier alpha value is -3.04. The number of likely N-dealkylation sites (tertiary alicyclic amines) is 1. The van der Waals surface area contributed by atoms with Crippen molar-refractivity contribution >= 4 is 46.9 Å². The number of anilines is 1. The molecule has 2 heterocycles. The van der Waals surface area contributed by atoms with Gasteiger partial charge in [-0.05, 0) is 44.9 Å². The summed E-state index contributed by atoms with van der Waals surface area (Å²) in [7, 11) is 0. The Balaban J connectivity index is 1.71. The van der Waals surface area contributed by atoms with Crippen LogP contribution >= 0.6 is 23.2 Å². The van der Waals surface area contributed by atoms with Crippen LogP contribution in [-0.2, 0) is 4.74 Å². The molecule has 1 aromatic carbocycles. The molecule has 1 aliphatic rings. The molecule has 1 saturated heterocycles. The first kappa shape index (κ1) is 26.6. The predicted molar refractivity (Wildman–Crippen MR) is 136 cm³/mol. The average Bonchev–Trinajstić information content (AvgIpc) is 2.84. The highest BCUT2D eigenvalue weighted by atomic mass is 35.5. The molecule has 11 heteroatoms. The molecule has 2 aromatic rings. The summed E-state index contributed by atoms with van der Waals surface area (Å²) >= 11 is 12.3. The summed E-state index contributed by atoms with van der Waals surface area (Å²) in [5.41, 5.74) is 13.4. The van der Waals surface area contributed by atoms with Gasteiger partial charge in [-0.1, -0.05) is 23.2 Å². The van der Waals surface area contributed by atoms with E-state index in [0.29, 0.717) is 49.2 Å². The minimum absolute atomic E-state index is 0.0466. The fourth-order valence-corrected chi connectivity index (χ4v) is 4.36. The Kier molecular flexibility index (Phi) is 9.17. The number of carbonyl (C=O) groups is 1. The zero-order valence-electron chi connectivity index (χ0n) is 19.5. The van der Waals surface area contributed by atoms with Gasteiger partial charge in [0.2, 0.25) is 0 Å². The van der Waals surface area contributed by atoms with Gasteiger partial charge < -0.3 is 25.8 Å². The topological polar surface area (TPSA) is 116 Å². The Morgan fingerprint density at radius 1 is 1.37 bits per heavy atom. The van der Waals surface area contributed by atoms with Crippen molar-refractivity contribution in [2.75, 3.05) is 25.4 Å². The third-order valence-corrected chi connectivity index (χ3v) is 6.31. The van der Waals surface area contributed by atoms with E-state index in [1.54, 1.807) is 37.2 Å². The van der Waals surface area contributed by atoms with E-state index in [2.05, 4.69) is 9.98 Å². The van der Waals surface area contributed by atoms with Crippen LogP contribution in [0, 0.1) is 5.82 Å². The molecule has 1 aliphatic heterocycles. The molecule has 3 rings (SSSR count). The third-order valence-electron chi connectivity index (χ3n) is 5.60. The summed E-state index contributed by atoms with van der Waals surface area (Å²) in [4.78, 5) is 22.4. The number of ether oxygens (including phenoxy) is 2. The van der Waals surface area contributed by atoms with Crippen LogP contribution in [0.1, 0.15) is 43.9 Å².